The Morgan fingerprint density at radius 1 is 0.660 bits per heavy atom. The fourth-order valence-corrected chi connectivity index (χ4v) is 14.9. The predicted molar refractivity (Wildman–Crippen MR) is 366 cm³/mol. The van der Waals surface area contributed by atoms with Crippen molar-refractivity contribution in [2.45, 2.75) is 202 Å². The first-order valence-electron chi connectivity index (χ1n) is 36.0. The van der Waals surface area contributed by atoms with Gasteiger partial charge in [-0.15, -0.1) is 0 Å². The Labute approximate surface area is 610 Å². The third-order valence-corrected chi connectivity index (χ3v) is 21.9. The Morgan fingerprint density at radius 3 is 1.85 bits per heavy atom. The van der Waals surface area contributed by atoms with Crippen molar-refractivity contribution in [2.24, 2.45) is 17.8 Å². The molecule has 1 spiro atoms. The molecular formula is C73H97F9N12O12. The number of carbonyl (C=O) groups excluding carboxylic acids is 12. The number of aryl methyl sites for hydroxylation is 1. The molecule has 24 nitrogen and oxygen atoms in total. The second kappa shape index (κ2) is 34.4. The van der Waals surface area contributed by atoms with Gasteiger partial charge in [0.2, 0.25) is 70.9 Å². The first-order valence-corrected chi connectivity index (χ1v) is 36.0. The fraction of sp³-hybridized carbons (Fsp3) is 0.644. The molecule has 2 aromatic carbocycles. The first-order chi connectivity index (χ1) is 49.7. The number of halogens is 9. The van der Waals surface area contributed by atoms with E-state index in [0.717, 1.165) is 60.7 Å². The van der Waals surface area contributed by atoms with E-state index in [0.29, 0.717) is 63.5 Å². The minimum absolute atomic E-state index is 0.0164. The maximum Gasteiger partial charge on any atom is 0.422 e. The molecular weight excluding hydrogens is 1410 g/mol. The third-order valence-electron chi connectivity index (χ3n) is 21.9. The molecule has 3 N–H and O–H groups in total. The molecule has 3 saturated carbocycles. The first kappa shape index (κ1) is 82.8. The number of alkyl halides is 7. The molecule has 8 rings (SSSR count). The van der Waals surface area contributed by atoms with Crippen molar-refractivity contribution >= 4 is 70.9 Å². The van der Waals surface area contributed by atoms with Crippen molar-refractivity contribution in [2.75, 3.05) is 82.6 Å². The molecule has 0 aromatic heterocycles. The topological polar surface area (TPSA) is 270 Å². The standard InChI is InChI=1S/C73H97F9N12O12/c1-11-41(2)60-68(104)88(6)40-58(97)89(7)51-20-13-12-16-31-93(67(51)103)55(35-43-23-26-46(27-24-43)72(77,78)79)66(102)87(5)39-56(95)83-50(28-25-44-32-48(75)59(49(76)33-44)73(80,81)82)64(100)94-38-47(74)36-53(94)63(99)85-71(29-17-30-71)70(106)92(10)61(45-18-14-15-19-45)69(105)91(9)54(65(101)86(3)4)37-57(96)90(8)52(62(98)84-60)34-42-21-22-42/h12-13,23-24,26-27,32-33,41-42,45,47,50-55,60-61H,11,14-22,25,28-31,34-40H2,1-10H3,(H,83,95)(H,84,98)(H,85,99)/b13-12-/t41-,47+,50-,51-,52-,53-,54-,55-,60-,61-/m0/s1. The zero-order chi connectivity index (χ0) is 78.4. The lowest BCUT2D eigenvalue weighted by molar-refractivity contribution is -0.158. The summed E-state index contributed by atoms with van der Waals surface area (Å²) in [7, 11) is 10.5. The summed E-state index contributed by atoms with van der Waals surface area (Å²) in [5, 5.41) is 8.01. The van der Waals surface area contributed by atoms with Crippen molar-refractivity contribution in [3.63, 3.8) is 0 Å². The predicted octanol–water partition coefficient (Wildman–Crippen LogP) is 5.43. The molecule has 584 valence electrons. The lowest BCUT2D eigenvalue weighted by Crippen LogP contribution is -2.68. The van der Waals surface area contributed by atoms with E-state index in [1.807, 2.05) is 0 Å². The Bertz CT molecular complexity index is 3640. The van der Waals surface area contributed by atoms with Crippen molar-refractivity contribution in [1.29, 1.82) is 0 Å². The van der Waals surface area contributed by atoms with E-state index >= 15 is 37.1 Å². The van der Waals surface area contributed by atoms with Gasteiger partial charge in [-0.05, 0) is 117 Å². The molecule has 2 aromatic rings. The highest BCUT2D eigenvalue weighted by atomic mass is 19.4. The second-order valence-corrected chi connectivity index (χ2v) is 29.6. The SMILES string of the molecule is CC[C@H](C)[C@@H]1NC(=O)[C@H](CC2CC2)N(C)C(=O)C[C@@H](C(=O)N(C)C)N(C)C(=O)[C@H](C2CCCC2)N(C)C(=O)C2(CCC2)NC(=O)[C@@H]2C[C@@H](F)CN2C(=O)[C@H](CCc2cc(F)c(C(F)(F)F)c(F)c2)NC(=O)CN(C)C(=O)[C@H](Cc2ccc(C(F)(F)F)cc2)N2CC/C=C\C[C@@H](C2=O)N(C)C(=O)CN(C)C1=O. The van der Waals surface area contributed by atoms with Gasteiger partial charge in [0.25, 0.3) is 0 Å². The highest BCUT2D eigenvalue weighted by Gasteiger charge is 2.54. The molecule has 10 atom stereocenters. The van der Waals surface area contributed by atoms with Crippen molar-refractivity contribution in [3.05, 3.63) is 82.4 Å². The summed E-state index contributed by atoms with van der Waals surface area (Å²) < 4.78 is 129. The van der Waals surface area contributed by atoms with Crippen LogP contribution >= 0.6 is 0 Å². The maximum absolute atomic E-state index is 16.1. The average molecular weight is 1510 g/mol. The van der Waals surface area contributed by atoms with Gasteiger partial charge in [-0.1, -0.05) is 70.2 Å². The van der Waals surface area contributed by atoms with Crippen molar-refractivity contribution in [1.82, 2.24) is 60.0 Å². The number of nitrogens with zero attached hydrogens (tertiary/aromatic N) is 9. The van der Waals surface area contributed by atoms with Gasteiger partial charge in [-0.25, -0.2) is 13.2 Å². The minimum Gasteiger partial charge on any atom is -0.347 e. The quantitative estimate of drug-likeness (QED) is 0.188. The van der Waals surface area contributed by atoms with Crippen LogP contribution in [0.2, 0.25) is 0 Å². The summed E-state index contributed by atoms with van der Waals surface area (Å²) in [6.07, 6.45) is -7.97. The number of rotatable bonds is 11. The fourth-order valence-electron chi connectivity index (χ4n) is 14.9. The van der Waals surface area contributed by atoms with Crippen LogP contribution in [0.15, 0.2) is 48.6 Å². The van der Waals surface area contributed by atoms with Gasteiger partial charge < -0.3 is 60.0 Å². The van der Waals surface area contributed by atoms with Gasteiger partial charge >= 0.3 is 12.4 Å². The number of nitrogens with one attached hydrogen (secondary N) is 3. The highest BCUT2D eigenvalue weighted by molar-refractivity contribution is 6.01. The number of hydrogen-bond donors (Lipinski definition) is 3. The van der Waals surface area contributed by atoms with E-state index in [1.54, 1.807) is 26.0 Å². The number of hydrogen-bond acceptors (Lipinski definition) is 12. The molecule has 6 aliphatic rings. The van der Waals surface area contributed by atoms with Crippen LogP contribution in [0, 0.1) is 29.4 Å². The van der Waals surface area contributed by atoms with Crippen LogP contribution in [-0.2, 0) is 82.7 Å². The highest BCUT2D eigenvalue weighted by Crippen LogP contribution is 2.40. The number of carbonyl (C=O) groups is 12. The van der Waals surface area contributed by atoms with E-state index in [1.165, 1.54) is 64.0 Å². The maximum atomic E-state index is 16.1. The Hall–Kier alpha value is -8.81. The van der Waals surface area contributed by atoms with Crippen molar-refractivity contribution in [3.8, 4) is 0 Å². The molecule has 106 heavy (non-hydrogen) atoms. The molecule has 3 aliphatic carbocycles. The van der Waals surface area contributed by atoms with Crippen LogP contribution in [0.3, 0.4) is 0 Å². The third kappa shape index (κ3) is 19.3. The van der Waals surface area contributed by atoms with E-state index in [2.05, 4.69) is 16.0 Å². The van der Waals surface area contributed by atoms with E-state index in [4.69, 9.17) is 0 Å². The summed E-state index contributed by atoms with van der Waals surface area (Å²) in [5.74, 6) is -15.8. The molecule has 0 radical (unpaired) electrons. The number of fused-ring (bicyclic) bond motifs is 3. The lowest BCUT2D eigenvalue weighted by atomic mass is 9.74. The van der Waals surface area contributed by atoms with Crippen LogP contribution in [0.5, 0.6) is 0 Å². The zero-order valence-corrected chi connectivity index (χ0v) is 61.4. The molecule has 3 heterocycles. The summed E-state index contributed by atoms with van der Waals surface area (Å²) in [5.41, 5.74) is -5.44. The van der Waals surface area contributed by atoms with E-state index < -0.39 is 235 Å². The normalized spacial score (nSPS) is 27.0. The number of amides is 12. The smallest absolute Gasteiger partial charge is 0.347 e. The van der Waals surface area contributed by atoms with Gasteiger partial charge in [-0.2, -0.15) is 26.3 Å². The molecule has 2 saturated heterocycles. The summed E-state index contributed by atoms with van der Waals surface area (Å²) in [6.45, 7) is 0.673. The van der Waals surface area contributed by atoms with E-state index in [9.17, 15) is 59.9 Å². The van der Waals surface area contributed by atoms with Crippen LogP contribution in [0.25, 0.3) is 0 Å². The zero-order valence-electron chi connectivity index (χ0n) is 61.4. The van der Waals surface area contributed by atoms with Crippen LogP contribution in [0.4, 0.5) is 39.5 Å². The minimum atomic E-state index is -5.48. The Morgan fingerprint density at radius 2 is 1.28 bits per heavy atom. The summed E-state index contributed by atoms with van der Waals surface area (Å²) >= 11 is 0. The summed E-state index contributed by atoms with van der Waals surface area (Å²) in [6, 6.07) is -7.86. The largest absolute Gasteiger partial charge is 0.422 e. The van der Waals surface area contributed by atoms with Gasteiger partial charge in [0.05, 0.1) is 31.6 Å². The van der Waals surface area contributed by atoms with Crippen LogP contribution in [-0.4, -0.2) is 258 Å². The number of benzene rings is 2. The number of likely N-dealkylation sites (N-methyl/N-ethyl adjacent to an activating group) is 7. The van der Waals surface area contributed by atoms with Gasteiger partial charge in [-0.3, -0.25) is 57.5 Å². The average Bonchev–Trinajstić information content (AvgIpc) is 1.14. The van der Waals surface area contributed by atoms with Gasteiger partial charge in [0, 0.05) is 75.8 Å². The molecule has 12 amide bonds. The molecule has 2 bridgehead atoms. The van der Waals surface area contributed by atoms with Gasteiger partial charge in [0.1, 0.15) is 77.2 Å². The molecule has 33 heteroatoms. The van der Waals surface area contributed by atoms with E-state index in [-0.39, 0.29) is 50.1 Å². The molecule has 0 unspecified atom stereocenters. The molecule has 3 aliphatic heterocycles. The Balaban J connectivity index is 1.21. The Kier molecular flexibility index (Phi) is 26.9. The lowest BCUT2D eigenvalue weighted by Gasteiger charge is -2.46. The van der Waals surface area contributed by atoms with Gasteiger partial charge in [0.15, 0.2) is 0 Å². The molecule has 5 fully saturated rings. The second-order valence-electron chi connectivity index (χ2n) is 29.6. The summed E-state index contributed by atoms with van der Waals surface area (Å²) in [4.78, 5) is 189. The van der Waals surface area contributed by atoms with Crippen molar-refractivity contribution < 1.29 is 97.0 Å². The van der Waals surface area contributed by atoms with Crippen LogP contribution < -0.4 is 16.0 Å². The van der Waals surface area contributed by atoms with Crippen LogP contribution in [0.1, 0.15) is 139 Å². The monoisotopic (exact) mass is 1500 g/mol.